The van der Waals surface area contributed by atoms with Gasteiger partial charge in [0.15, 0.2) is 0 Å². The number of ether oxygens (including phenoxy) is 1. The largest absolute Gasteiger partial charge is 0.370 e. The summed E-state index contributed by atoms with van der Waals surface area (Å²) in [5.41, 5.74) is 0.340. The lowest BCUT2D eigenvalue weighted by molar-refractivity contribution is 0.0407. The molecule has 0 amide bonds. The highest BCUT2D eigenvalue weighted by molar-refractivity contribution is 7.63. The quantitative estimate of drug-likeness (QED) is 0.683. The van der Waals surface area contributed by atoms with Crippen molar-refractivity contribution < 1.29 is 9.30 Å². The molecular weight excluding hydrogens is 231 g/mol. The second-order valence-corrected chi connectivity index (χ2v) is 9.91. The van der Waals surface area contributed by atoms with Crippen molar-refractivity contribution in [2.24, 2.45) is 17.3 Å². The van der Waals surface area contributed by atoms with E-state index in [1.165, 1.54) is 0 Å². The van der Waals surface area contributed by atoms with Gasteiger partial charge in [0.1, 0.15) is 13.5 Å². The maximum atomic E-state index is 12.3. The summed E-state index contributed by atoms with van der Waals surface area (Å²) in [6.45, 7) is 13.3. The van der Waals surface area contributed by atoms with Crippen molar-refractivity contribution in [1.29, 1.82) is 0 Å². The topological polar surface area (TPSA) is 26.3 Å². The molecular formula is C14H29O2P. The van der Waals surface area contributed by atoms with Crippen LogP contribution in [-0.4, -0.2) is 24.8 Å². The lowest BCUT2D eigenvalue weighted by atomic mass is 9.77. The van der Waals surface area contributed by atoms with E-state index in [1.54, 1.807) is 0 Å². The predicted octanol–water partition coefficient (Wildman–Crippen LogP) is 4.43. The molecule has 0 aromatic carbocycles. The molecule has 0 heterocycles. The average molecular weight is 260 g/mol. The van der Waals surface area contributed by atoms with E-state index >= 15 is 0 Å². The second-order valence-electron chi connectivity index (χ2n) is 6.27. The highest BCUT2D eigenvalue weighted by Crippen LogP contribution is 2.50. The summed E-state index contributed by atoms with van der Waals surface area (Å²) < 4.78 is 18.3. The van der Waals surface area contributed by atoms with Gasteiger partial charge in [0.05, 0.1) is 6.10 Å². The molecule has 1 saturated carbocycles. The van der Waals surface area contributed by atoms with Gasteiger partial charge in [0, 0.05) is 12.3 Å². The number of rotatable bonds is 5. The van der Waals surface area contributed by atoms with Gasteiger partial charge in [0.2, 0.25) is 0 Å². The van der Waals surface area contributed by atoms with Gasteiger partial charge in [-0.25, -0.2) is 0 Å². The van der Waals surface area contributed by atoms with Crippen molar-refractivity contribution >= 4 is 7.14 Å². The van der Waals surface area contributed by atoms with Crippen LogP contribution in [0.1, 0.15) is 48.0 Å². The summed E-state index contributed by atoms with van der Waals surface area (Å²) in [6.07, 6.45) is 3.43. The van der Waals surface area contributed by atoms with Crippen molar-refractivity contribution in [2.75, 3.05) is 18.7 Å². The van der Waals surface area contributed by atoms with Crippen molar-refractivity contribution in [2.45, 2.75) is 54.1 Å². The van der Waals surface area contributed by atoms with Gasteiger partial charge in [0.25, 0.3) is 0 Å². The molecule has 17 heavy (non-hydrogen) atoms. The number of hydrogen-bond acceptors (Lipinski definition) is 2. The van der Waals surface area contributed by atoms with Crippen molar-refractivity contribution in [1.82, 2.24) is 0 Å². The maximum absolute atomic E-state index is 12.3. The standard InChI is InChI=1S/C14H29O2P/c1-7-17(15,8-2)10-16-13-9-11(3)14(5,6)12(13)4/h11-13H,7-10H2,1-6H3. The molecule has 3 heteroatoms. The zero-order valence-electron chi connectivity index (χ0n) is 12.3. The van der Waals surface area contributed by atoms with Crippen LogP contribution >= 0.6 is 7.14 Å². The molecule has 0 bridgehead atoms. The minimum absolute atomic E-state index is 0.298. The summed E-state index contributed by atoms with van der Waals surface area (Å²) in [4.78, 5) is 0. The summed E-state index contributed by atoms with van der Waals surface area (Å²) in [7, 11) is -2.04. The van der Waals surface area contributed by atoms with Crippen LogP contribution in [0.4, 0.5) is 0 Å². The minimum atomic E-state index is -2.04. The van der Waals surface area contributed by atoms with Gasteiger partial charge >= 0.3 is 0 Å². The van der Waals surface area contributed by atoms with Crippen LogP contribution in [-0.2, 0) is 9.30 Å². The molecule has 102 valence electrons. The van der Waals surface area contributed by atoms with Crippen LogP contribution in [0.2, 0.25) is 0 Å². The Balaban J connectivity index is 2.58. The fraction of sp³-hybridized carbons (Fsp3) is 1.00. The van der Waals surface area contributed by atoms with E-state index in [0.29, 0.717) is 29.7 Å². The van der Waals surface area contributed by atoms with Crippen LogP contribution in [0.25, 0.3) is 0 Å². The Morgan fingerprint density at radius 1 is 1.24 bits per heavy atom. The van der Waals surface area contributed by atoms with Crippen LogP contribution in [0.15, 0.2) is 0 Å². The highest BCUT2D eigenvalue weighted by atomic mass is 31.2. The highest BCUT2D eigenvalue weighted by Gasteiger charge is 2.45. The zero-order valence-corrected chi connectivity index (χ0v) is 13.2. The molecule has 0 saturated heterocycles. The predicted molar refractivity (Wildman–Crippen MR) is 75.2 cm³/mol. The monoisotopic (exact) mass is 260 g/mol. The summed E-state index contributed by atoms with van der Waals surface area (Å²) in [6, 6.07) is 0. The first-order valence-corrected chi connectivity index (χ1v) is 9.21. The third-order valence-corrected chi connectivity index (χ3v) is 8.19. The fourth-order valence-corrected chi connectivity index (χ4v) is 3.91. The van der Waals surface area contributed by atoms with E-state index in [4.69, 9.17) is 4.74 Å². The van der Waals surface area contributed by atoms with Crippen LogP contribution in [0.5, 0.6) is 0 Å². The molecule has 0 aromatic rings. The first-order valence-electron chi connectivity index (χ1n) is 6.95. The van der Waals surface area contributed by atoms with Crippen molar-refractivity contribution in [3.63, 3.8) is 0 Å². The Labute approximate surface area is 107 Å². The molecule has 3 unspecified atom stereocenters. The molecule has 0 aliphatic heterocycles. The molecule has 0 radical (unpaired) electrons. The summed E-state index contributed by atoms with van der Waals surface area (Å²) in [5, 5.41) is 0. The molecule has 2 nitrogen and oxygen atoms in total. The van der Waals surface area contributed by atoms with Crippen LogP contribution in [0, 0.1) is 17.3 Å². The Kier molecular flexibility index (Phi) is 4.88. The van der Waals surface area contributed by atoms with Gasteiger partial charge in [-0.2, -0.15) is 0 Å². The minimum Gasteiger partial charge on any atom is -0.370 e. The molecule has 0 aromatic heterocycles. The van der Waals surface area contributed by atoms with Gasteiger partial charge in [-0.05, 0) is 23.7 Å². The smallest absolute Gasteiger partial charge is 0.111 e. The molecule has 1 aliphatic carbocycles. The number of hydrogen-bond donors (Lipinski definition) is 0. The molecule has 1 fully saturated rings. The van der Waals surface area contributed by atoms with E-state index in [0.717, 1.165) is 18.7 Å². The Hall–Kier alpha value is 0.190. The Morgan fingerprint density at radius 3 is 2.12 bits per heavy atom. The first kappa shape index (κ1) is 15.2. The average Bonchev–Trinajstić information content (AvgIpc) is 2.50. The molecule has 1 aliphatic rings. The van der Waals surface area contributed by atoms with Gasteiger partial charge in [-0.15, -0.1) is 0 Å². The van der Waals surface area contributed by atoms with E-state index in [1.807, 2.05) is 13.8 Å². The normalized spacial score (nSPS) is 32.9. The Bertz CT molecular complexity index is 291. The van der Waals surface area contributed by atoms with Gasteiger partial charge in [-0.1, -0.05) is 41.5 Å². The van der Waals surface area contributed by atoms with Crippen molar-refractivity contribution in [3.05, 3.63) is 0 Å². The molecule has 1 rings (SSSR count). The summed E-state index contributed by atoms with van der Waals surface area (Å²) in [5.74, 6) is 1.24. The van der Waals surface area contributed by atoms with E-state index in [-0.39, 0.29) is 0 Å². The SMILES string of the molecule is CCP(=O)(CC)COC1CC(C)C(C)(C)C1C. The maximum Gasteiger partial charge on any atom is 0.111 e. The first-order chi connectivity index (χ1) is 7.77. The van der Waals surface area contributed by atoms with Gasteiger partial charge < -0.3 is 9.30 Å². The van der Waals surface area contributed by atoms with Crippen LogP contribution in [0.3, 0.4) is 0 Å². The third kappa shape index (κ3) is 3.15. The summed E-state index contributed by atoms with van der Waals surface area (Å²) >= 11 is 0. The van der Waals surface area contributed by atoms with Crippen molar-refractivity contribution in [3.8, 4) is 0 Å². The van der Waals surface area contributed by atoms with Gasteiger partial charge in [-0.3, -0.25) is 0 Å². The van der Waals surface area contributed by atoms with E-state index in [9.17, 15) is 4.57 Å². The molecule has 3 atom stereocenters. The molecule has 0 N–H and O–H groups in total. The molecule has 0 spiro atoms. The lowest BCUT2D eigenvalue weighted by Crippen LogP contribution is -2.26. The lowest BCUT2D eigenvalue weighted by Gasteiger charge is -2.30. The zero-order chi connectivity index (χ0) is 13.3. The second kappa shape index (κ2) is 5.45. The van der Waals surface area contributed by atoms with E-state index in [2.05, 4.69) is 27.7 Å². The van der Waals surface area contributed by atoms with E-state index < -0.39 is 7.14 Å². The third-order valence-electron chi connectivity index (χ3n) is 5.26. The fourth-order valence-electron chi connectivity index (χ4n) is 2.63. The van der Waals surface area contributed by atoms with Crippen LogP contribution < -0.4 is 0 Å². The Morgan fingerprint density at radius 2 is 1.76 bits per heavy atom.